The Kier molecular flexibility index (Phi) is 4.09. The summed E-state index contributed by atoms with van der Waals surface area (Å²) in [4.78, 5) is 28.6. The van der Waals surface area contributed by atoms with Gasteiger partial charge in [0.05, 0.1) is 16.1 Å². The van der Waals surface area contributed by atoms with E-state index < -0.39 is 18.2 Å². The number of hydrogen-bond donors (Lipinski definition) is 2. The van der Waals surface area contributed by atoms with Crippen LogP contribution in [0.25, 0.3) is 0 Å². The molecule has 6 nitrogen and oxygen atoms in total. The van der Waals surface area contributed by atoms with Gasteiger partial charge < -0.3 is 20.0 Å². The Balaban J connectivity index is 1.65. The van der Waals surface area contributed by atoms with Gasteiger partial charge >= 0.3 is 0 Å². The van der Waals surface area contributed by atoms with Gasteiger partial charge in [-0.05, 0) is 37.3 Å². The van der Waals surface area contributed by atoms with E-state index in [0.29, 0.717) is 48.0 Å². The van der Waals surface area contributed by atoms with Crippen LogP contribution >= 0.6 is 23.2 Å². The monoisotopic (exact) mass is 384 g/mol. The molecule has 4 rings (SSSR count). The van der Waals surface area contributed by atoms with Crippen molar-refractivity contribution in [2.45, 2.75) is 43.4 Å². The summed E-state index contributed by atoms with van der Waals surface area (Å²) in [5.74, 6) is -0.428. The van der Waals surface area contributed by atoms with Crippen molar-refractivity contribution in [1.82, 2.24) is 9.80 Å². The number of aliphatic hydroxyl groups excluding tert-OH is 1. The third-order valence-electron chi connectivity index (χ3n) is 5.59. The highest BCUT2D eigenvalue weighted by Gasteiger charge is 2.53. The summed E-state index contributed by atoms with van der Waals surface area (Å²) >= 11 is 12.4. The van der Waals surface area contributed by atoms with Crippen molar-refractivity contribution in [3.05, 3.63) is 27.7 Å². The van der Waals surface area contributed by atoms with Crippen LogP contribution in [0.2, 0.25) is 10.0 Å². The second-order valence-electron chi connectivity index (χ2n) is 6.90. The molecule has 3 heterocycles. The Bertz CT molecular complexity index is 756. The van der Waals surface area contributed by atoms with Gasteiger partial charge in [-0.25, -0.2) is 0 Å². The Morgan fingerprint density at radius 1 is 1.04 bits per heavy atom. The number of halogens is 2. The number of nitrogens with zero attached hydrogens (tertiary/aromatic N) is 2. The molecule has 8 heteroatoms. The zero-order valence-electron chi connectivity index (χ0n) is 13.4. The van der Waals surface area contributed by atoms with Gasteiger partial charge in [-0.3, -0.25) is 9.59 Å². The van der Waals surface area contributed by atoms with E-state index >= 15 is 0 Å². The van der Waals surface area contributed by atoms with E-state index in [-0.39, 0.29) is 23.5 Å². The van der Waals surface area contributed by atoms with Gasteiger partial charge in [0.1, 0.15) is 17.8 Å². The van der Waals surface area contributed by atoms with E-state index in [1.807, 2.05) is 0 Å². The number of aliphatic hydroxyl groups is 1. The molecule has 3 aliphatic heterocycles. The summed E-state index contributed by atoms with van der Waals surface area (Å²) in [6.45, 7) is 0.786. The summed E-state index contributed by atoms with van der Waals surface area (Å²) < 4.78 is 0. The summed E-state index contributed by atoms with van der Waals surface area (Å²) in [6.07, 6.45) is 0.595. The Hall–Kier alpha value is -1.50. The van der Waals surface area contributed by atoms with Crippen LogP contribution in [0.15, 0.2) is 12.1 Å². The summed E-state index contributed by atoms with van der Waals surface area (Å²) in [5, 5.41) is 20.9. The Morgan fingerprint density at radius 3 is 2.52 bits per heavy atom. The average molecular weight is 385 g/mol. The topological polar surface area (TPSA) is 81.1 Å². The number of amides is 2. The lowest BCUT2D eigenvalue weighted by Gasteiger charge is -2.47. The number of hydrogen-bond acceptors (Lipinski definition) is 4. The first-order valence-corrected chi connectivity index (χ1v) is 9.11. The van der Waals surface area contributed by atoms with Crippen molar-refractivity contribution in [2.75, 3.05) is 13.1 Å². The van der Waals surface area contributed by atoms with Crippen LogP contribution in [0.3, 0.4) is 0 Å². The highest BCUT2D eigenvalue weighted by Crippen LogP contribution is 2.44. The number of piperazine rings is 1. The minimum Gasteiger partial charge on any atom is -0.508 e. The van der Waals surface area contributed by atoms with Crippen LogP contribution in [-0.4, -0.2) is 63.1 Å². The second kappa shape index (κ2) is 6.04. The fourth-order valence-corrected chi connectivity index (χ4v) is 4.83. The summed E-state index contributed by atoms with van der Waals surface area (Å²) in [6, 6.07) is 1.70. The number of phenolic OH excluding ortho intramolecular Hbond substituents is 1. The molecule has 134 valence electrons. The molecule has 0 aromatic heterocycles. The fraction of sp³-hybridized carbons (Fsp3) is 0.529. The largest absolute Gasteiger partial charge is 0.508 e. The van der Waals surface area contributed by atoms with Gasteiger partial charge in [0.2, 0.25) is 11.8 Å². The predicted molar refractivity (Wildman–Crippen MR) is 91.7 cm³/mol. The van der Waals surface area contributed by atoms with Crippen LogP contribution in [0.4, 0.5) is 0 Å². The molecular formula is C17H18Cl2N2O4. The highest BCUT2D eigenvalue weighted by molar-refractivity contribution is 6.42. The molecule has 0 saturated carbocycles. The molecule has 25 heavy (non-hydrogen) atoms. The fourth-order valence-electron chi connectivity index (χ4n) is 4.35. The molecule has 4 atom stereocenters. The van der Waals surface area contributed by atoms with Crippen LogP contribution in [0.5, 0.6) is 5.75 Å². The Labute approximate surface area is 154 Å². The molecule has 0 unspecified atom stereocenters. The maximum absolute atomic E-state index is 12.8. The van der Waals surface area contributed by atoms with Crippen LogP contribution in [0.1, 0.15) is 30.7 Å². The van der Waals surface area contributed by atoms with Crippen LogP contribution < -0.4 is 0 Å². The van der Waals surface area contributed by atoms with Crippen molar-refractivity contribution in [3.63, 3.8) is 0 Å². The molecule has 0 aliphatic carbocycles. The molecule has 0 bridgehead atoms. The highest BCUT2D eigenvalue weighted by atomic mass is 35.5. The quantitative estimate of drug-likeness (QED) is 0.772. The van der Waals surface area contributed by atoms with Gasteiger partial charge in [0.25, 0.3) is 0 Å². The lowest BCUT2D eigenvalue weighted by molar-refractivity contribution is -0.164. The minimum atomic E-state index is -0.790. The van der Waals surface area contributed by atoms with Crippen molar-refractivity contribution < 1.29 is 19.8 Å². The lowest BCUT2D eigenvalue weighted by Crippen LogP contribution is -2.66. The SMILES string of the molecule is O=C1[C@@H]2C[C@H](c3c(O)ccc(Cl)c3Cl)CCN2C(=O)[C@@H]2[C@H](O)CCN12. The van der Waals surface area contributed by atoms with E-state index in [0.717, 1.165) is 0 Å². The molecule has 2 N–H and O–H groups in total. The van der Waals surface area contributed by atoms with Crippen molar-refractivity contribution in [2.24, 2.45) is 0 Å². The molecule has 3 aliphatic rings. The first-order valence-electron chi connectivity index (χ1n) is 8.36. The third kappa shape index (κ3) is 2.50. The Morgan fingerprint density at radius 2 is 1.76 bits per heavy atom. The van der Waals surface area contributed by atoms with Gasteiger partial charge in [-0.1, -0.05) is 23.2 Å². The minimum absolute atomic E-state index is 0.0527. The van der Waals surface area contributed by atoms with Crippen molar-refractivity contribution in [1.29, 1.82) is 0 Å². The second-order valence-corrected chi connectivity index (χ2v) is 7.68. The number of benzene rings is 1. The molecule has 0 spiro atoms. The average Bonchev–Trinajstić information content (AvgIpc) is 2.98. The van der Waals surface area contributed by atoms with Crippen LogP contribution in [0, 0.1) is 0 Å². The zero-order valence-corrected chi connectivity index (χ0v) is 14.9. The third-order valence-corrected chi connectivity index (χ3v) is 6.41. The van der Waals surface area contributed by atoms with E-state index in [9.17, 15) is 19.8 Å². The van der Waals surface area contributed by atoms with Crippen LogP contribution in [-0.2, 0) is 9.59 Å². The number of carbonyl (C=O) groups is 2. The van der Waals surface area contributed by atoms with E-state index in [2.05, 4.69) is 0 Å². The van der Waals surface area contributed by atoms with Crippen molar-refractivity contribution in [3.8, 4) is 5.75 Å². The number of piperidine rings is 1. The summed E-state index contributed by atoms with van der Waals surface area (Å²) in [7, 11) is 0. The molecule has 2 amide bonds. The maximum Gasteiger partial charge on any atom is 0.248 e. The van der Waals surface area contributed by atoms with E-state index in [4.69, 9.17) is 23.2 Å². The molecule has 0 radical (unpaired) electrons. The van der Waals surface area contributed by atoms with Crippen molar-refractivity contribution >= 4 is 35.0 Å². The number of phenols is 1. The first kappa shape index (κ1) is 16.9. The lowest BCUT2D eigenvalue weighted by atomic mass is 9.82. The van der Waals surface area contributed by atoms with E-state index in [1.165, 1.54) is 17.0 Å². The first-order chi connectivity index (χ1) is 11.9. The van der Waals surface area contributed by atoms with Gasteiger partial charge in [0.15, 0.2) is 0 Å². The standard InChI is InChI=1S/C17H18Cl2N2O4/c18-9-1-2-11(22)13(14(9)19)8-3-5-20-10(7-8)16(24)21-6-4-12(23)15(21)17(20)25/h1-2,8,10,12,15,22-23H,3-7H2/t8-,10+,12-,15+/m1/s1. The van der Waals surface area contributed by atoms with E-state index in [1.54, 1.807) is 4.90 Å². The number of carbonyl (C=O) groups excluding carboxylic acids is 2. The predicted octanol–water partition coefficient (Wildman–Crippen LogP) is 1.75. The number of aromatic hydroxyl groups is 1. The zero-order chi connectivity index (χ0) is 17.9. The number of rotatable bonds is 1. The normalized spacial score (nSPS) is 32.0. The number of fused-ring (bicyclic) bond motifs is 2. The molecular weight excluding hydrogens is 367 g/mol. The molecule has 3 fully saturated rings. The summed E-state index contributed by atoms with van der Waals surface area (Å²) in [5.41, 5.74) is 0.539. The molecule has 1 aromatic carbocycles. The van der Waals surface area contributed by atoms with Gasteiger partial charge in [0, 0.05) is 18.7 Å². The van der Waals surface area contributed by atoms with Gasteiger partial charge in [-0.2, -0.15) is 0 Å². The maximum atomic E-state index is 12.8. The molecule has 1 aromatic rings. The molecule has 3 saturated heterocycles. The smallest absolute Gasteiger partial charge is 0.248 e. The van der Waals surface area contributed by atoms with Gasteiger partial charge in [-0.15, -0.1) is 0 Å².